The van der Waals surface area contributed by atoms with Gasteiger partial charge < -0.3 is 9.30 Å². The molecule has 4 heterocycles. The van der Waals surface area contributed by atoms with Crippen molar-refractivity contribution in [2.75, 3.05) is 6.61 Å². The van der Waals surface area contributed by atoms with E-state index in [2.05, 4.69) is 4.98 Å². The van der Waals surface area contributed by atoms with Crippen LogP contribution in [0.4, 0.5) is 0 Å². The second-order valence-corrected chi connectivity index (χ2v) is 5.78. The highest BCUT2D eigenvalue weighted by Crippen LogP contribution is 2.30. The molecule has 0 N–H and O–H groups in total. The van der Waals surface area contributed by atoms with E-state index in [0.717, 1.165) is 21.5 Å². The van der Waals surface area contributed by atoms with Crippen molar-refractivity contribution in [2.24, 2.45) is 0 Å². The van der Waals surface area contributed by atoms with Crippen molar-refractivity contribution in [3.63, 3.8) is 0 Å². The van der Waals surface area contributed by atoms with Crippen LogP contribution in [0.5, 0.6) is 5.75 Å². The molecule has 0 atom stereocenters. The van der Waals surface area contributed by atoms with Crippen LogP contribution in [-0.4, -0.2) is 16.2 Å². The van der Waals surface area contributed by atoms with Crippen LogP contribution in [0.3, 0.4) is 0 Å². The summed E-state index contributed by atoms with van der Waals surface area (Å²) in [5.74, 6) is 0.674. The van der Waals surface area contributed by atoms with E-state index in [4.69, 9.17) is 4.74 Å². The zero-order chi connectivity index (χ0) is 13.5. The van der Waals surface area contributed by atoms with Crippen LogP contribution in [0.1, 0.15) is 10.4 Å². The lowest BCUT2D eigenvalue weighted by Gasteiger charge is -2.11. The van der Waals surface area contributed by atoms with Crippen LogP contribution >= 0.6 is 11.3 Å². The molecule has 0 radical (unpaired) electrons. The van der Waals surface area contributed by atoms with Gasteiger partial charge in [-0.25, -0.2) is 0 Å². The summed E-state index contributed by atoms with van der Waals surface area (Å²) in [4.78, 5) is 18.2. The summed E-state index contributed by atoms with van der Waals surface area (Å²) >= 11 is 1.66. The van der Waals surface area contributed by atoms with Crippen molar-refractivity contribution in [3.8, 4) is 5.75 Å². The van der Waals surface area contributed by atoms with Crippen molar-refractivity contribution in [3.05, 3.63) is 56.6 Å². The topological polar surface area (TPSA) is 44.1 Å². The van der Waals surface area contributed by atoms with Crippen LogP contribution in [-0.2, 0) is 13.0 Å². The molecule has 0 spiro atoms. The van der Waals surface area contributed by atoms with Gasteiger partial charge in [0.2, 0.25) is 0 Å². The molecule has 5 heteroatoms. The van der Waals surface area contributed by atoms with Gasteiger partial charge in [-0.1, -0.05) is 6.07 Å². The van der Waals surface area contributed by atoms with E-state index < -0.39 is 0 Å². The molecular formula is C15H12N2O2S. The van der Waals surface area contributed by atoms with E-state index in [0.29, 0.717) is 25.3 Å². The maximum Gasteiger partial charge on any atom is 0.258 e. The zero-order valence-corrected chi connectivity index (χ0v) is 11.5. The number of aromatic nitrogens is 2. The molecule has 1 aliphatic heterocycles. The Kier molecular flexibility index (Phi) is 2.60. The second-order valence-electron chi connectivity index (χ2n) is 4.75. The van der Waals surface area contributed by atoms with Gasteiger partial charge in [0.25, 0.3) is 5.56 Å². The maximum absolute atomic E-state index is 12.7. The van der Waals surface area contributed by atoms with Gasteiger partial charge in [-0.05, 0) is 23.6 Å². The molecule has 0 saturated carbocycles. The molecule has 3 aromatic rings. The van der Waals surface area contributed by atoms with E-state index in [1.807, 2.05) is 34.2 Å². The summed E-state index contributed by atoms with van der Waals surface area (Å²) in [6.45, 7) is 1.16. The Morgan fingerprint density at radius 2 is 2.30 bits per heavy atom. The second kappa shape index (κ2) is 4.45. The van der Waals surface area contributed by atoms with Crippen LogP contribution in [0.25, 0.3) is 11.0 Å². The zero-order valence-electron chi connectivity index (χ0n) is 10.7. The highest BCUT2D eigenvalue weighted by Gasteiger charge is 2.23. The largest absolute Gasteiger partial charge is 0.490 e. The summed E-state index contributed by atoms with van der Waals surface area (Å²) in [7, 11) is 0. The van der Waals surface area contributed by atoms with Crippen LogP contribution in [0.2, 0.25) is 0 Å². The van der Waals surface area contributed by atoms with Crippen molar-refractivity contribution < 1.29 is 4.74 Å². The molecule has 0 unspecified atom stereocenters. The molecule has 4 nitrogen and oxygen atoms in total. The van der Waals surface area contributed by atoms with Crippen molar-refractivity contribution in [1.82, 2.24) is 9.55 Å². The van der Waals surface area contributed by atoms with Crippen LogP contribution in [0, 0.1) is 0 Å². The Balaban J connectivity index is 2.02. The first-order valence-corrected chi connectivity index (χ1v) is 7.38. The summed E-state index contributed by atoms with van der Waals surface area (Å²) in [5.41, 5.74) is 2.43. The third kappa shape index (κ3) is 1.67. The maximum atomic E-state index is 12.7. The lowest BCUT2D eigenvalue weighted by atomic mass is 10.1. The Morgan fingerprint density at radius 3 is 3.15 bits per heavy atom. The van der Waals surface area contributed by atoms with E-state index in [9.17, 15) is 4.79 Å². The van der Waals surface area contributed by atoms with Gasteiger partial charge >= 0.3 is 0 Å². The summed E-state index contributed by atoms with van der Waals surface area (Å²) in [6, 6.07) is 7.83. The van der Waals surface area contributed by atoms with Crippen molar-refractivity contribution in [2.45, 2.75) is 13.0 Å². The average Bonchev–Trinajstić information content (AvgIpc) is 3.15. The monoisotopic (exact) mass is 284 g/mol. The Morgan fingerprint density at radius 1 is 1.35 bits per heavy atom. The minimum atomic E-state index is 0.0476. The minimum Gasteiger partial charge on any atom is -0.490 e. The lowest BCUT2D eigenvalue weighted by molar-refractivity contribution is 0.359. The molecule has 0 amide bonds. The average molecular weight is 284 g/mol. The fourth-order valence-corrected chi connectivity index (χ4v) is 3.34. The Labute approximate surface area is 119 Å². The van der Waals surface area contributed by atoms with E-state index >= 15 is 0 Å². The highest BCUT2D eigenvalue weighted by atomic mass is 32.1. The number of thiophene rings is 1. The summed E-state index contributed by atoms with van der Waals surface area (Å²) in [6.07, 6.45) is 2.41. The quantitative estimate of drug-likeness (QED) is 0.726. The molecule has 0 bridgehead atoms. The standard InChI is InChI=1S/C15H12N2O2S/c18-15-11-5-7-19-14(11)13-12(4-1-6-16-13)17(15)9-10-3-2-8-20-10/h1-4,6,8H,5,7,9H2. The molecule has 0 aromatic carbocycles. The highest BCUT2D eigenvalue weighted by molar-refractivity contribution is 7.09. The number of nitrogens with zero attached hydrogens (tertiary/aromatic N) is 2. The lowest BCUT2D eigenvalue weighted by Crippen LogP contribution is -2.23. The van der Waals surface area contributed by atoms with Gasteiger partial charge in [0.1, 0.15) is 5.52 Å². The summed E-state index contributed by atoms with van der Waals surface area (Å²) in [5, 5.41) is 2.03. The van der Waals surface area contributed by atoms with Gasteiger partial charge in [0, 0.05) is 17.5 Å². The number of rotatable bonds is 2. The molecule has 3 aromatic heterocycles. The first-order valence-electron chi connectivity index (χ1n) is 6.50. The first kappa shape index (κ1) is 11.7. The molecule has 20 heavy (non-hydrogen) atoms. The third-order valence-electron chi connectivity index (χ3n) is 3.56. The predicted octanol–water partition coefficient (Wildman–Crippen LogP) is 2.44. The molecule has 0 fully saturated rings. The van der Waals surface area contributed by atoms with Gasteiger partial charge in [0.05, 0.1) is 24.2 Å². The fraction of sp³-hybridized carbons (Fsp3) is 0.200. The molecular weight excluding hydrogens is 272 g/mol. The number of fused-ring (bicyclic) bond motifs is 3. The van der Waals surface area contributed by atoms with Crippen LogP contribution in [0.15, 0.2) is 40.6 Å². The van der Waals surface area contributed by atoms with Gasteiger partial charge in [0.15, 0.2) is 5.75 Å². The van der Waals surface area contributed by atoms with E-state index in [-0.39, 0.29) is 5.56 Å². The van der Waals surface area contributed by atoms with E-state index in [1.165, 1.54) is 0 Å². The van der Waals surface area contributed by atoms with Crippen LogP contribution < -0.4 is 10.3 Å². The Hall–Kier alpha value is -2.14. The number of hydrogen-bond donors (Lipinski definition) is 0. The molecule has 0 aliphatic carbocycles. The predicted molar refractivity (Wildman–Crippen MR) is 78.6 cm³/mol. The fourth-order valence-electron chi connectivity index (χ4n) is 2.65. The van der Waals surface area contributed by atoms with Gasteiger partial charge in [-0.3, -0.25) is 9.78 Å². The smallest absolute Gasteiger partial charge is 0.258 e. The van der Waals surface area contributed by atoms with Crippen molar-refractivity contribution in [1.29, 1.82) is 0 Å². The molecule has 4 rings (SSSR count). The number of pyridine rings is 2. The number of ether oxygens (including phenoxy) is 1. The number of hydrogen-bond acceptors (Lipinski definition) is 4. The van der Waals surface area contributed by atoms with Gasteiger partial charge in [-0.15, -0.1) is 11.3 Å². The first-order chi connectivity index (χ1) is 9.84. The normalized spacial score (nSPS) is 13.4. The third-order valence-corrected chi connectivity index (χ3v) is 4.42. The van der Waals surface area contributed by atoms with E-state index in [1.54, 1.807) is 17.5 Å². The van der Waals surface area contributed by atoms with Crippen molar-refractivity contribution >= 4 is 22.4 Å². The molecule has 0 saturated heterocycles. The molecule has 1 aliphatic rings. The molecule has 100 valence electrons. The minimum absolute atomic E-state index is 0.0476. The SMILES string of the molecule is O=c1c2c(c3ncccc3n1Cc1cccs1)OCC2. The van der Waals surface area contributed by atoms with Gasteiger partial charge in [-0.2, -0.15) is 0 Å². The summed E-state index contributed by atoms with van der Waals surface area (Å²) < 4.78 is 7.42. The Bertz CT molecular complexity index is 837.